The summed E-state index contributed by atoms with van der Waals surface area (Å²) in [6.07, 6.45) is 0. The summed E-state index contributed by atoms with van der Waals surface area (Å²) >= 11 is 6.29. The summed E-state index contributed by atoms with van der Waals surface area (Å²) < 4.78 is 38.8. The molecule has 0 atom stereocenters. The van der Waals surface area contributed by atoms with Crippen LogP contribution in [-0.4, -0.2) is 59.2 Å². The first-order valence-corrected chi connectivity index (χ1v) is 14.2. The molecule has 0 unspecified atom stereocenters. The second-order valence-electron chi connectivity index (χ2n) is 9.13. The number of halogens is 1. The van der Waals surface area contributed by atoms with Gasteiger partial charge in [-0.05, 0) is 48.4 Å². The third-order valence-electron chi connectivity index (χ3n) is 6.34. The molecule has 1 fully saturated rings. The molecule has 0 aromatic heterocycles. The number of ether oxygens (including phenoxy) is 2. The highest BCUT2D eigenvalue weighted by Crippen LogP contribution is 2.32. The summed E-state index contributed by atoms with van der Waals surface area (Å²) in [6.45, 7) is 5.93. The van der Waals surface area contributed by atoms with Crippen LogP contribution in [-0.2, 0) is 32.6 Å². The van der Waals surface area contributed by atoms with Gasteiger partial charge in [0.15, 0.2) is 0 Å². The summed E-state index contributed by atoms with van der Waals surface area (Å²) in [7, 11) is -2.57. The zero-order valence-electron chi connectivity index (χ0n) is 21.5. The lowest BCUT2D eigenvalue weighted by molar-refractivity contribution is -0.119. The number of morpholine rings is 1. The van der Waals surface area contributed by atoms with Crippen LogP contribution in [0.25, 0.3) is 0 Å². The minimum atomic E-state index is -4.05. The van der Waals surface area contributed by atoms with E-state index < -0.39 is 22.5 Å². The number of methoxy groups -OCH3 is 1. The highest BCUT2D eigenvalue weighted by molar-refractivity contribution is 7.92. The van der Waals surface area contributed by atoms with Crippen LogP contribution in [0.2, 0.25) is 5.02 Å². The highest BCUT2D eigenvalue weighted by atomic mass is 35.5. The van der Waals surface area contributed by atoms with Crippen molar-refractivity contribution >= 4 is 33.2 Å². The molecule has 1 saturated heterocycles. The molecule has 0 aliphatic carbocycles. The van der Waals surface area contributed by atoms with Gasteiger partial charge in [0.05, 0.1) is 35.9 Å². The van der Waals surface area contributed by atoms with Crippen LogP contribution in [0.4, 0.5) is 5.69 Å². The van der Waals surface area contributed by atoms with Gasteiger partial charge in [-0.3, -0.25) is 14.0 Å². The number of hydrogen-bond acceptors (Lipinski definition) is 6. The molecule has 10 heteroatoms. The molecular formula is C28H32ClN3O5S. The largest absolute Gasteiger partial charge is 0.495 e. The number of carbonyl (C=O) groups is 1. The van der Waals surface area contributed by atoms with Crippen LogP contribution in [0.15, 0.2) is 71.6 Å². The Morgan fingerprint density at radius 3 is 2.32 bits per heavy atom. The normalized spacial score (nSPS) is 14.2. The van der Waals surface area contributed by atoms with E-state index in [2.05, 4.69) is 10.2 Å². The predicted molar refractivity (Wildman–Crippen MR) is 148 cm³/mol. The summed E-state index contributed by atoms with van der Waals surface area (Å²) in [5.74, 6) is -0.0327. The van der Waals surface area contributed by atoms with E-state index in [0.29, 0.717) is 5.75 Å². The minimum Gasteiger partial charge on any atom is -0.495 e. The van der Waals surface area contributed by atoms with Crippen molar-refractivity contribution < 1.29 is 22.7 Å². The number of anilines is 1. The molecule has 0 spiro atoms. The number of amides is 1. The van der Waals surface area contributed by atoms with Gasteiger partial charge in [-0.25, -0.2) is 8.42 Å². The Hall–Kier alpha value is -3.11. The van der Waals surface area contributed by atoms with E-state index in [0.717, 1.165) is 48.3 Å². The fourth-order valence-corrected chi connectivity index (χ4v) is 5.79. The molecule has 4 rings (SSSR count). The standard InChI is InChI=1S/C28H32ClN3O5S/c1-21-3-10-25(11-4-21)38(34,35)32(24-9-12-27(36-2)26(29)17-24)20-28(33)30-18-22-5-7-23(8-6-22)19-31-13-15-37-16-14-31/h3-12,17H,13-16,18-20H2,1-2H3,(H,30,33). The van der Waals surface area contributed by atoms with Crippen LogP contribution in [0.5, 0.6) is 5.75 Å². The van der Waals surface area contributed by atoms with E-state index in [1.165, 1.54) is 30.9 Å². The van der Waals surface area contributed by atoms with Gasteiger partial charge in [0.1, 0.15) is 12.3 Å². The summed E-state index contributed by atoms with van der Waals surface area (Å²) in [5, 5.41) is 3.08. The third kappa shape index (κ3) is 7.05. The fraction of sp³-hybridized carbons (Fsp3) is 0.321. The number of benzene rings is 3. The SMILES string of the molecule is COc1ccc(N(CC(=O)NCc2ccc(CN3CCOCC3)cc2)S(=O)(=O)c2ccc(C)cc2)cc1Cl. The highest BCUT2D eigenvalue weighted by Gasteiger charge is 2.28. The van der Waals surface area contributed by atoms with Crippen molar-refractivity contribution in [2.24, 2.45) is 0 Å². The summed E-state index contributed by atoms with van der Waals surface area (Å²) in [4.78, 5) is 15.4. The maximum Gasteiger partial charge on any atom is 0.264 e. The molecule has 1 amide bonds. The summed E-state index contributed by atoms with van der Waals surface area (Å²) in [6, 6.07) is 19.1. The molecule has 1 aliphatic heterocycles. The molecule has 1 heterocycles. The van der Waals surface area contributed by atoms with Crippen molar-refractivity contribution in [3.8, 4) is 5.75 Å². The Kier molecular flexibility index (Phi) is 9.27. The molecule has 0 bridgehead atoms. The van der Waals surface area contributed by atoms with E-state index in [4.69, 9.17) is 21.1 Å². The molecule has 0 radical (unpaired) electrons. The van der Waals surface area contributed by atoms with Crippen LogP contribution in [0.1, 0.15) is 16.7 Å². The van der Waals surface area contributed by atoms with Crippen LogP contribution < -0.4 is 14.4 Å². The molecule has 1 N–H and O–H groups in total. The Morgan fingerprint density at radius 2 is 1.68 bits per heavy atom. The molecular weight excluding hydrogens is 526 g/mol. The third-order valence-corrected chi connectivity index (χ3v) is 8.43. The van der Waals surface area contributed by atoms with Crippen molar-refractivity contribution in [1.82, 2.24) is 10.2 Å². The maximum absolute atomic E-state index is 13.6. The van der Waals surface area contributed by atoms with E-state index in [1.807, 2.05) is 31.2 Å². The van der Waals surface area contributed by atoms with Gasteiger partial charge in [-0.2, -0.15) is 0 Å². The van der Waals surface area contributed by atoms with Crippen LogP contribution in [0, 0.1) is 6.92 Å². The first-order chi connectivity index (χ1) is 18.3. The quantitative estimate of drug-likeness (QED) is 0.405. The molecule has 3 aromatic carbocycles. The van der Waals surface area contributed by atoms with Crippen molar-refractivity contribution in [2.75, 3.05) is 44.3 Å². The number of nitrogens with one attached hydrogen (secondary N) is 1. The molecule has 8 nitrogen and oxygen atoms in total. The number of carbonyl (C=O) groups excluding carboxylic acids is 1. The van der Waals surface area contributed by atoms with Gasteiger partial charge < -0.3 is 14.8 Å². The van der Waals surface area contributed by atoms with Gasteiger partial charge in [-0.1, -0.05) is 53.6 Å². The molecule has 1 aliphatic rings. The Labute approximate surface area is 229 Å². The molecule has 0 saturated carbocycles. The molecule has 3 aromatic rings. The molecule has 202 valence electrons. The second kappa shape index (κ2) is 12.6. The van der Waals surface area contributed by atoms with Crippen molar-refractivity contribution in [3.05, 3.63) is 88.4 Å². The van der Waals surface area contributed by atoms with E-state index in [1.54, 1.807) is 24.3 Å². The lowest BCUT2D eigenvalue weighted by atomic mass is 10.1. The van der Waals surface area contributed by atoms with Gasteiger partial charge in [0.25, 0.3) is 10.0 Å². The monoisotopic (exact) mass is 557 g/mol. The Balaban J connectivity index is 1.46. The zero-order chi connectivity index (χ0) is 27.1. The van der Waals surface area contributed by atoms with Crippen molar-refractivity contribution in [3.63, 3.8) is 0 Å². The van der Waals surface area contributed by atoms with Crippen molar-refractivity contribution in [2.45, 2.75) is 24.9 Å². The van der Waals surface area contributed by atoms with Gasteiger partial charge in [0, 0.05) is 26.2 Å². The lowest BCUT2D eigenvalue weighted by Crippen LogP contribution is -2.40. The number of aryl methyl sites for hydroxylation is 1. The van der Waals surface area contributed by atoms with E-state index >= 15 is 0 Å². The molecule has 38 heavy (non-hydrogen) atoms. The van der Waals surface area contributed by atoms with E-state index in [9.17, 15) is 13.2 Å². The number of hydrogen-bond donors (Lipinski definition) is 1. The smallest absolute Gasteiger partial charge is 0.264 e. The Bertz CT molecular complexity index is 1340. The number of nitrogens with zero attached hydrogens (tertiary/aromatic N) is 2. The van der Waals surface area contributed by atoms with Crippen LogP contribution >= 0.6 is 11.6 Å². The predicted octanol–water partition coefficient (Wildman–Crippen LogP) is 4.00. The summed E-state index contributed by atoms with van der Waals surface area (Å²) in [5.41, 5.74) is 3.30. The average Bonchev–Trinajstić information content (AvgIpc) is 2.92. The second-order valence-corrected chi connectivity index (χ2v) is 11.4. The van der Waals surface area contributed by atoms with Gasteiger partial charge in [-0.15, -0.1) is 0 Å². The lowest BCUT2D eigenvalue weighted by Gasteiger charge is -2.26. The Morgan fingerprint density at radius 1 is 1.03 bits per heavy atom. The topological polar surface area (TPSA) is 88.2 Å². The minimum absolute atomic E-state index is 0.0821. The average molecular weight is 558 g/mol. The van der Waals surface area contributed by atoms with E-state index in [-0.39, 0.29) is 22.2 Å². The van der Waals surface area contributed by atoms with Gasteiger partial charge in [0.2, 0.25) is 5.91 Å². The maximum atomic E-state index is 13.6. The first kappa shape index (κ1) is 27.9. The number of rotatable bonds is 10. The van der Waals surface area contributed by atoms with Crippen LogP contribution in [0.3, 0.4) is 0 Å². The first-order valence-electron chi connectivity index (χ1n) is 12.3. The number of sulfonamides is 1. The van der Waals surface area contributed by atoms with Crippen molar-refractivity contribution in [1.29, 1.82) is 0 Å². The zero-order valence-corrected chi connectivity index (χ0v) is 23.1. The fourth-order valence-electron chi connectivity index (χ4n) is 4.13. The van der Waals surface area contributed by atoms with Gasteiger partial charge >= 0.3 is 0 Å².